The highest BCUT2D eigenvalue weighted by Gasteiger charge is 2.80. The lowest BCUT2D eigenvalue weighted by molar-refractivity contribution is -0.531. The number of ether oxygens (including phenoxy) is 2. The molecule has 0 fully saturated rings. The molecule has 0 atom stereocenters. The summed E-state index contributed by atoms with van der Waals surface area (Å²) >= 11 is 0. The van der Waals surface area contributed by atoms with E-state index in [0.717, 1.165) is 0 Å². The number of hydrogen-bond acceptors (Lipinski definition) is 3. The number of carbonyl (C=O) groups is 1. The zero-order chi connectivity index (χ0) is 20.0. The molecule has 24 heavy (non-hydrogen) atoms. The average Bonchev–Trinajstić information content (AvgIpc) is 2.22. The Kier molecular flexibility index (Phi) is 5.51. The van der Waals surface area contributed by atoms with Crippen molar-refractivity contribution in [3.8, 4) is 0 Å². The molecule has 0 aliphatic rings. The van der Waals surface area contributed by atoms with E-state index in [9.17, 15) is 66.3 Å². The summed E-state index contributed by atoms with van der Waals surface area (Å²) in [7, 11) is 0. The topological polar surface area (TPSA) is 35.5 Å². The van der Waals surface area contributed by atoms with Gasteiger partial charge in [-0.05, 0) is 0 Å². The van der Waals surface area contributed by atoms with E-state index in [1.807, 2.05) is 0 Å². The van der Waals surface area contributed by atoms with Crippen molar-refractivity contribution < 1.29 is 75.7 Å². The van der Waals surface area contributed by atoms with E-state index in [0.29, 0.717) is 0 Å². The van der Waals surface area contributed by atoms with Gasteiger partial charge in [-0.15, -0.1) is 13.2 Å². The first-order chi connectivity index (χ1) is 10.1. The van der Waals surface area contributed by atoms with Gasteiger partial charge in [-0.25, -0.2) is 9.47 Å². The van der Waals surface area contributed by atoms with E-state index in [-0.39, 0.29) is 0 Å². The Morgan fingerprint density at radius 2 is 0.917 bits per heavy atom. The quantitative estimate of drug-likeness (QED) is 0.479. The van der Waals surface area contributed by atoms with Crippen molar-refractivity contribution in [3.63, 3.8) is 0 Å². The summed E-state index contributed by atoms with van der Waals surface area (Å²) in [6.45, 7) is 0. The SMILES string of the molecule is O=C(F)C(F)(F)C(F)(F)OC(F)(F)C(F)(F)C(F)(F)OC(F)(F)F. The summed E-state index contributed by atoms with van der Waals surface area (Å²) in [4.78, 5) is 9.50. The molecule has 0 amide bonds. The summed E-state index contributed by atoms with van der Waals surface area (Å²) in [6.07, 6.45) is -28.6. The van der Waals surface area contributed by atoms with Crippen LogP contribution < -0.4 is 0 Å². The Labute approximate surface area is 120 Å². The van der Waals surface area contributed by atoms with E-state index in [1.165, 1.54) is 9.47 Å². The zero-order valence-electron chi connectivity index (χ0n) is 10.0. The predicted molar refractivity (Wildman–Crippen MR) is 39.1 cm³/mol. The Balaban J connectivity index is 5.76. The van der Waals surface area contributed by atoms with Crippen molar-refractivity contribution in [2.45, 2.75) is 36.5 Å². The molecule has 0 radical (unpaired) electrons. The maximum atomic E-state index is 12.6. The molecule has 0 N–H and O–H groups in total. The van der Waals surface area contributed by atoms with E-state index in [1.54, 1.807) is 0 Å². The fourth-order valence-electron chi connectivity index (χ4n) is 0.782. The van der Waals surface area contributed by atoms with Crippen molar-refractivity contribution in [2.75, 3.05) is 0 Å². The Morgan fingerprint density at radius 1 is 0.583 bits per heavy atom. The van der Waals surface area contributed by atoms with Crippen LogP contribution in [0.5, 0.6) is 0 Å². The number of hydrogen-bond donors (Lipinski definition) is 0. The van der Waals surface area contributed by atoms with Crippen molar-refractivity contribution in [3.05, 3.63) is 0 Å². The third-order valence-corrected chi connectivity index (χ3v) is 1.84. The summed E-state index contributed by atoms with van der Waals surface area (Å²) in [5.74, 6) is -14.5. The van der Waals surface area contributed by atoms with Gasteiger partial charge in [0.2, 0.25) is 0 Å². The van der Waals surface area contributed by atoms with Crippen LogP contribution in [0.25, 0.3) is 0 Å². The average molecular weight is 398 g/mol. The molecule has 0 aromatic carbocycles. The van der Waals surface area contributed by atoms with Crippen LogP contribution in [0.4, 0.5) is 61.5 Å². The lowest BCUT2D eigenvalue weighted by atomic mass is 10.2. The minimum atomic E-state index is -7.62. The van der Waals surface area contributed by atoms with Gasteiger partial charge in [-0.3, -0.25) is 4.79 Å². The van der Waals surface area contributed by atoms with Crippen LogP contribution in [0.3, 0.4) is 0 Å². The lowest BCUT2D eigenvalue weighted by Gasteiger charge is -2.34. The molecule has 0 rings (SSSR count). The summed E-state index contributed by atoms with van der Waals surface area (Å²) in [5.41, 5.74) is 0. The van der Waals surface area contributed by atoms with Gasteiger partial charge in [0.25, 0.3) is 0 Å². The van der Waals surface area contributed by atoms with Crippen LogP contribution in [0.15, 0.2) is 0 Å². The van der Waals surface area contributed by atoms with Crippen LogP contribution in [0, 0.1) is 0 Å². The molecule has 0 spiro atoms. The molecule has 0 aliphatic carbocycles. The molecule has 0 saturated heterocycles. The van der Waals surface area contributed by atoms with E-state index < -0.39 is 42.6 Å². The van der Waals surface area contributed by atoms with Crippen molar-refractivity contribution >= 4 is 6.04 Å². The second-order valence-electron chi connectivity index (χ2n) is 3.62. The van der Waals surface area contributed by atoms with Crippen molar-refractivity contribution in [1.82, 2.24) is 0 Å². The van der Waals surface area contributed by atoms with Crippen LogP contribution in [0.2, 0.25) is 0 Å². The maximum absolute atomic E-state index is 12.6. The second-order valence-corrected chi connectivity index (χ2v) is 3.62. The fraction of sp³-hybridized carbons (Fsp3) is 0.857. The predicted octanol–water partition coefficient (Wildman–Crippen LogP) is 4.08. The molecule has 3 nitrogen and oxygen atoms in total. The third kappa shape index (κ3) is 4.17. The smallest absolute Gasteiger partial charge is 0.254 e. The standard InChI is InChI=1S/C7F14O3/c8-1(22)2(9,10)4(13,14)23-5(15,16)3(11,12)6(17,18)24-7(19,20)21. The van der Waals surface area contributed by atoms with Gasteiger partial charge >= 0.3 is 42.6 Å². The molecule has 0 saturated carbocycles. The monoisotopic (exact) mass is 398 g/mol. The zero-order valence-corrected chi connectivity index (χ0v) is 10.0. The van der Waals surface area contributed by atoms with Crippen molar-refractivity contribution in [1.29, 1.82) is 0 Å². The molecule has 0 aromatic rings. The second kappa shape index (κ2) is 5.85. The van der Waals surface area contributed by atoms with Crippen LogP contribution >= 0.6 is 0 Å². The number of rotatable bonds is 7. The van der Waals surface area contributed by atoms with Gasteiger partial charge in [0.15, 0.2) is 0 Å². The van der Waals surface area contributed by atoms with E-state index in [2.05, 4.69) is 0 Å². The minimum Gasteiger partial charge on any atom is -0.254 e. The molecule has 0 aliphatic heterocycles. The van der Waals surface area contributed by atoms with Crippen molar-refractivity contribution in [2.24, 2.45) is 0 Å². The molecular weight excluding hydrogens is 398 g/mol. The molecule has 0 aromatic heterocycles. The largest absolute Gasteiger partial charge is 0.527 e. The molecule has 144 valence electrons. The first kappa shape index (κ1) is 22.6. The number of alkyl halides is 13. The molecule has 0 unspecified atom stereocenters. The van der Waals surface area contributed by atoms with Crippen LogP contribution in [-0.4, -0.2) is 42.6 Å². The highest BCUT2D eigenvalue weighted by molar-refractivity contribution is 5.77. The Hall–Kier alpha value is -1.39. The van der Waals surface area contributed by atoms with E-state index >= 15 is 0 Å². The first-order valence-corrected chi connectivity index (χ1v) is 4.67. The molecular formula is C7F14O3. The fourth-order valence-corrected chi connectivity index (χ4v) is 0.782. The lowest BCUT2D eigenvalue weighted by Crippen LogP contribution is -2.62. The van der Waals surface area contributed by atoms with Gasteiger partial charge < -0.3 is 0 Å². The van der Waals surface area contributed by atoms with Gasteiger partial charge in [0.1, 0.15) is 0 Å². The number of carbonyl (C=O) groups excluding carboxylic acids is 1. The highest BCUT2D eigenvalue weighted by Crippen LogP contribution is 2.52. The normalized spacial score (nSPS) is 15.6. The van der Waals surface area contributed by atoms with Gasteiger partial charge in [0, 0.05) is 0 Å². The molecule has 0 heterocycles. The summed E-state index contributed by atoms with van der Waals surface area (Å²) in [5, 5.41) is 0. The third-order valence-electron chi connectivity index (χ3n) is 1.84. The van der Waals surface area contributed by atoms with Crippen LogP contribution in [-0.2, 0) is 14.3 Å². The summed E-state index contributed by atoms with van der Waals surface area (Å²) in [6, 6.07) is -4.40. The summed E-state index contributed by atoms with van der Waals surface area (Å²) < 4.78 is 173. The van der Waals surface area contributed by atoms with Gasteiger partial charge in [0.05, 0.1) is 0 Å². The minimum absolute atomic E-state index is 1.31. The van der Waals surface area contributed by atoms with Gasteiger partial charge in [-0.1, -0.05) is 0 Å². The van der Waals surface area contributed by atoms with E-state index in [4.69, 9.17) is 0 Å². The Morgan fingerprint density at radius 3 is 1.21 bits per heavy atom. The molecule has 17 heteroatoms. The first-order valence-electron chi connectivity index (χ1n) is 4.67. The Bertz CT molecular complexity index is 479. The van der Waals surface area contributed by atoms with Gasteiger partial charge in [-0.2, -0.15) is 48.3 Å². The highest BCUT2D eigenvalue weighted by atomic mass is 19.4. The number of halogens is 14. The van der Waals surface area contributed by atoms with Crippen LogP contribution in [0.1, 0.15) is 0 Å². The molecule has 0 bridgehead atoms. The maximum Gasteiger partial charge on any atom is 0.527 e.